The van der Waals surface area contributed by atoms with Gasteiger partial charge in [-0.25, -0.2) is 5.43 Å². The topological polar surface area (TPSA) is 128 Å². The second kappa shape index (κ2) is 14.3. The number of aromatic nitrogens is 3. The van der Waals surface area contributed by atoms with Gasteiger partial charge in [-0.1, -0.05) is 29.3 Å². The Bertz CT molecular complexity index is 1680. The summed E-state index contributed by atoms with van der Waals surface area (Å²) < 4.78 is 22.1. The van der Waals surface area contributed by atoms with E-state index < -0.39 is 0 Å². The summed E-state index contributed by atoms with van der Waals surface area (Å²) in [5, 5.41) is 11.7. The summed E-state index contributed by atoms with van der Waals surface area (Å²) in [4.78, 5) is 13.3. The van der Waals surface area contributed by atoms with Gasteiger partial charge in [-0.2, -0.15) is 20.1 Å². The molecule has 0 saturated carbocycles. The largest absolute Gasteiger partial charge is 0.497 e. The normalized spacial score (nSPS) is 10.9. The lowest BCUT2D eigenvalue weighted by Crippen LogP contribution is -2.09. The lowest BCUT2D eigenvalue weighted by atomic mass is 10.2. The number of ether oxygens (including phenoxy) is 3. The van der Waals surface area contributed by atoms with Gasteiger partial charge in [-0.15, -0.1) is 0 Å². The Hall–Kier alpha value is -5.00. The van der Waals surface area contributed by atoms with Gasteiger partial charge in [0.05, 0.1) is 33.2 Å². The van der Waals surface area contributed by atoms with Gasteiger partial charge in [0.15, 0.2) is 11.5 Å². The molecule has 0 spiro atoms. The first-order valence-corrected chi connectivity index (χ1v) is 13.7. The van der Waals surface area contributed by atoms with Gasteiger partial charge < -0.3 is 29.3 Å². The summed E-state index contributed by atoms with van der Waals surface area (Å²) in [5.74, 6) is 3.40. The molecule has 0 aliphatic rings. The predicted molar refractivity (Wildman–Crippen MR) is 167 cm³/mol. The zero-order valence-corrected chi connectivity index (χ0v) is 24.7. The number of nitrogens with zero attached hydrogens (tertiary/aromatic N) is 4. The van der Waals surface area contributed by atoms with Crippen LogP contribution in [-0.4, -0.2) is 35.4 Å². The van der Waals surface area contributed by atoms with E-state index in [0.29, 0.717) is 40.0 Å². The highest BCUT2D eigenvalue weighted by Crippen LogP contribution is 2.30. The van der Waals surface area contributed by atoms with Crippen LogP contribution in [-0.2, 0) is 13.2 Å². The molecule has 0 saturated heterocycles. The van der Waals surface area contributed by atoms with E-state index in [9.17, 15) is 0 Å². The molecule has 220 valence electrons. The van der Waals surface area contributed by atoms with Crippen LogP contribution in [0.5, 0.6) is 17.2 Å². The van der Waals surface area contributed by atoms with Gasteiger partial charge in [0.25, 0.3) is 0 Å². The maximum Gasteiger partial charge on any atom is 0.250 e. The molecule has 0 radical (unpaired) electrons. The number of furan rings is 1. The van der Waals surface area contributed by atoms with Crippen molar-refractivity contribution in [2.45, 2.75) is 13.2 Å². The summed E-state index contributed by atoms with van der Waals surface area (Å²) in [6.07, 6.45) is 3.21. The number of anilines is 4. The molecule has 13 heteroatoms. The van der Waals surface area contributed by atoms with Gasteiger partial charge in [-0.05, 0) is 72.3 Å². The molecule has 5 rings (SSSR count). The number of benzene rings is 3. The summed E-state index contributed by atoms with van der Waals surface area (Å²) in [6.45, 7) is 0.643. The number of nitrogens with one attached hydrogen (secondary N) is 3. The summed E-state index contributed by atoms with van der Waals surface area (Å²) in [6, 6.07) is 21.7. The number of halogens is 2. The molecule has 0 aliphatic carbocycles. The fourth-order valence-electron chi connectivity index (χ4n) is 3.79. The van der Waals surface area contributed by atoms with E-state index >= 15 is 0 Å². The molecule has 5 aromatic rings. The first kappa shape index (κ1) is 29.5. The van der Waals surface area contributed by atoms with Crippen molar-refractivity contribution in [3.63, 3.8) is 0 Å². The van der Waals surface area contributed by atoms with E-state index in [-0.39, 0.29) is 12.6 Å². The minimum Gasteiger partial charge on any atom is -0.497 e. The second-order valence-corrected chi connectivity index (χ2v) is 9.74. The molecule has 0 unspecified atom stereocenters. The number of hydrogen-bond donors (Lipinski definition) is 3. The maximum atomic E-state index is 6.26. The molecule has 3 aromatic carbocycles. The van der Waals surface area contributed by atoms with Crippen molar-refractivity contribution in [2.24, 2.45) is 5.10 Å². The van der Waals surface area contributed by atoms with Crippen LogP contribution in [0.2, 0.25) is 10.0 Å². The summed E-state index contributed by atoms with van der Waals surface area (Å²) >= 11 is 12.2. The van der Waals surface area contributed by atoms with Gasteiger partial charge in [0.1, 0.15) is 18.1 Å². The number of hydrogen-bond acceptors (Lipinski definition) is 11. The van der Waals surface area contributed by atoms with Crippen LogP contribution < -0.4 is 30.3 Å². The van der Waals surface area contributed by atoms with Crippen molar-refractivity contribution in [1.29, 1.82) is 0 Å². The molecule has 43 heavy (non-hydrogen) atoms. The standard InChI is InChI=1S/C30H27Cl2N7O4/c1-40-23-10-8-22(9-11-23)35-29-36-28(33-17-24-4-3-13-42-24)37-30(38-29)39-34-16-19-5-12-26(27(14-19)41-2)43-18-20-6-7-21(31)15-25(20)32/h3-16H,17-18H2,1-2H3,(H3,33,35,36,37,38,39)/b34-16+. The van der Waals surface area contributed by atoms with Gasteiger partial charge in [0.2, 0.25) is 17.8 Å². The first-order chi connectivity index (χ1) is 21.0. The molecule has 11 nitrogen and oxygen atoms in total. The second-order valence-electron chi connectivity index (χ2n) is 8.90. The molecular formula is C30H27Cl2N7O4. The van der Waals surface area contributed by atoms with Gasteiger partial charge in [-0.3, -0.25) is 0 Å². The zero-order chi connectivity index (χ0) is 30.0. The molecule has 0 aliphatic heterocycles. The van der Waals surface area contributed by atoms with Crippen molar-refractivity contribution < 1.29 is 18.6 Å². The lowest BCUT2D eigenvalue weighted by molar-refractivity contribution is 0.284. The molecule has 3 N–H and O–H groups in total. The van der Waals surface area contributed by atoms with Crippen LogP contribution in [0.25, 0.3) is 0 Å². The Labute approximate surface area is 257 Å². The van der Waals surface area contributed by atoms with E-state index in [0.717, 1.165) is 28.3 Å². The van der Waals surface area contributed by atoms with E-state index in [1.807, 2.05) is 48.5 Å². The van der Waals surface area contributed by atoms with Gasteiger partial charge in [0, 0.05) is 21.3 Å². The Morgan fingerprint density at radius 3 is 2.42 bits per heavy atom. The Morgan fingerprint density at radius 2 is 1.67 bits per heavy atom. The minimum atomic E-state index is 0.218. The Balaban J connectivity index is 1.28. The highest BCUT2D eigenvalue weighted by atomic mass is 35.5. The molecule has 0 fully saturated rings. The summed E-state index contributed by atoms with van der Waals surface area (Å²) in [5.41, 5.74) is 5.19. The zero-order valence-electron chi connectivity index (χ0n) is 23.2. The van der Waals surface area contributed by atoms with Crippen molar-refractivity contribution in [1.82, 2.24) is 15.0 Å². The van der Waals surface area contributed by atoms with E-state index in [1.165, 1.54) is 0 Å². The molecule has 2 heterocycles. The molecule has 0 bridgehead atoms. The van der Waals surface area contributed by atoms with E-state index in [4.69, 9.17) is 41.8 Å². The van der Waals surface area contributed by atoms with Crippen molar-refractivity contribution in [2.75, 3.05) is 30.3 Å². The Morgan fingerprint density at radius 1 is 0.860 bits per heavy atom. The van der Waals surface area contributed by atoms with E-state index in [1.54, 1.807) is 51.0 Å². The van der Waals surface area contributed by atoms with Crippen LogP contribution in [0.4, 0.5) is 23.5 Å². The Kier molecular flexibility index (Phi) is 9.78. The highest BCUT2D eigenvalue weighted by Gasteiger charge is 2.10. The lowest BCUT2D eigenvalue weighted by Gasteiger charge is -2.12. The van der Waals surface area contributed by atoms with Crippen LogP contribution in [0.15, 0.2) is 88.6 Å². The average molecular weight is 620 g/mol. The first-order valence-electron chi connectivity index (χ1n) is 13.0. The number of hydrazone groups is 1. The van der Waals surface area contributed by atoms with Crippen LogP contribution in [0.1, 0.15) is 16.9 Å². The maximum absolute atomic E-state index is 6.26. The molecule has 0 atom stereocenters. The third-order valence-electron chi connectivity index (χ3n) is 5.95. The third-order valence-corrected chi connectivity index (χ3v) is 6.53. The third kappa shape index (κ3) is 8.28. The SMILES string of the molecule is COc1ccc(Nc2nc(NCc3ccco3)nc(N/N=C/c3ccc(OCc4ccc(Cl)cc4Cl)c(OC)c3)n2)cc1. The fraction of sp³-hybridized carbons (Fsp3) is 0.133. The van der Waals surface area contributed by atoms with Crippen LogP contribution in [0.3, 0.4) is 0 Å². The molecule has 2 aromatic heterocycles. The fourth-order valence-corrected chi connectivity index (χ4v) is 4.25. The van der Waals surface area contributed by atoms with Gasteiger partial charge >= 0.3 is 0 Å². The molecular weight excluding hydrogens is 593 g/mol. The summed E-state index contributed by atoms with van der Waals surface area (Å²) in [7, 11) is 3.18. The van der Waals surface area contributed by atoms with Crippen LogP contribution in [0, 0.1) is 0 Å². The number of methoxy groups -OCH3 is 2. The molecule has 0 amide bonds. The smallest absolute Gasteiger partial charge is 0.250 e. The van der Waals surface area contributed by atoms with E-state index in [2.05, 4.69) is 36.1 Å². The monoisotopic (exact) mass is 619 g/mol. The van der Waals surface area contributed by atoms with Crippen LogP contribution >= 0.6 is 23.2 Å². The minimum absolute atomic E-state index is 0.218. The van der Waals surface area contributed by atoms with Crippen molar-refractivity contribution in [3.05, 3.63) is 106 Å². The van der Waals surface area contributed by atoms with Crippen molar-refractivity contribution in [3.8, 4) is 17.2 Å². The average Bonchev–Trinajstić information content (AvgIpc) is 3.54. The highest BCUT2D eigenvalue weighted by molar-refractivity contribution is 6.35. The quantitative estimate of drug-likeness (QED) is 0.0921. The predicted octanol–water partition coefficient (Wildman–Crippen LogP) is 7.17. The number of rotatable bonds is 13. The van der Waals surface area contributed by atoms with Crippen molar-refractivity contribution >= 4 is 52.9 Å².